The van der Waals surface area contributed by atoms with Gasteiger partial charge >= 0.3 is 0 Å². The Labute approximate surface area is 74.3 Å². The molecule has 1 saturated carbocycles. The van der Waals surface area contributed by atoms with Crippen LogP contribution in [-0.2, 0) is 9.53 Å². The van der Waals surface area contributed by atoms with Crippen LogP contribution in [0.5, 0.6) is 0 Å². The summed E-state index contributed by atoms with van der Waals surface area (Å²) >= 11 is 0. The Morgan fingerprint density at radius 1 is 1.42 bits per heavy atom. The minimum Gasteiger partial charge on any atom is -0.382 e. The first-order chi connectivity index (χ1) is 5.83. The minimum atomic E-state index is -0.0187. The first-order valence-electron chi connectivity index (χ1n) is 4.87. The van der Waals surface area contributed by atoms with E-state index in [1.807, 2.05) is 6.92 Å². The Kier molecular flexibility index (Phi) is 3.73. The summed E-state index contributed by atoms with van der Waals surface area (Å²) in [5.41, 5.74) is -0.0187. The zero-order valence-electron chi connectivity index (χ0n) is 7.84. The largest absolute Gasteiger partial charge is 0.382 e. The van der Waals surface area contributed by atoms with E-state index in [-0.39, 0.29) is 5.41 Å². The third-order valence-corrected chi connectivity index (χ3v) is 2.80. The molecule has 0 heterocycles. The highest BCUT2D eigenvalue weighted by atomic mass is 16.5. The van der Waals surface area contributed by atoms with Gasteiger partial charge in [-0.2, -0.15) is 0 Å². The Balaban J connectivity index is 2.29. The third-order valence-electron chi connectivity index (χ3n) is 2.80. The quantitative estimate of drug-likeness (QED) is 0.467. The molecule has 0 spiro atoms. The monoisotopic (exact) mass is 170 g/mol. The summed E-state index contributed by atoms with van der Waals surface area (Å²) in [6, 6.07) is 0. The summed E-state index contributed by atoms with van der Waals surface area (Å²) in [6.07, 6.45) is 6.65. The lowest BCUT2D eigenvalue weighted by atomic mass is 9.85. The van der Waals surface area contributed by atoms with Crippen LogP contribution in [0.4, 0.5) is 0 Å². The molecule has 2 nitrogen and oxygen atoms in total. The molecule has 2 heteroatoms. The lowest BCUT2D eigenvalue weighted by Crippen LogP contribution is -2.20. The first-order valence-corrected chi connectivity index (χ1v) is 4.87. The Morgan fingerprint density at radius 2 is 2.08 bits per heavy atom. The average molecular weight is 170 g/mol. The molecule has 0 saturated heterocycles. The van der Waals surface area contributed by atoms with Gasteiger partial charge in [-0.3, -0.25) is 0 Å². The smallest absolute Gasteiger partial charge is 0.126 e. The van der Waals surface area contributed by atoms with E-state index in [0.717, 1.165) is 38.8 Å². The van der Waals surface area contributed by atoms with Crippen LogP contribution < -0.4 is 0 Å². The fourth-order valence-corrected chi connectivity index (χ4v) is 1.93. The molecule has 0 amide bonds. The van der Waals surface area contributed by atoms with Gasteiger partial charge in [0.1, 0.15) is 6.29 Å². The number of aldehydes is 1. The van der Waals surface area contributed by atoms with Crippen LogP contribution in [0.3, 0.4) is 0 Å². The second-order valence-electron chi connectivity index (χ2n) is 3.63. The molecule has 1 fully saturated rings. The number of carbonyl (C=O) groups excluding carboxylic acids is 1. The van der Waals surface area contributed by atoms with E-state index in [9.17, 15) is 4.79 Å². The lowest BCUT2D eigenvalue weighted by Gasteiger charge is -2.20. The molecule has 1 aliphatic rings. The molecule has 70 valence electrons. The fraction of sp³-hybridized carbons (Fsp3) is 0.900. The van der Waals surface area contributed by atoms with Crippen LogP contribution in [0.2, 0.25) is 0 Å². The highest BCUT2D eigenvalue weighted by Gasteiger charge is 2.32. The fourth-order valence-electron chi connectivity index (χ4n) is 1.93. The van der Waals surface area contributed by atoms with Gasteiger partial charge in [-0.05, 0) is 26.2 Å². The summed E-state index contributed by atoms with van der Waals surface area (Å²) in [6.45, 7) is 3.49. The van der Waals surface area contributed by atoms with Crippen molar-refractivity contribution in [2.24, 2.45) is 5.41 Å². The maximum absolute atomic E-state index is 10.9. The Morgan fingerprint density at radius 3 is 2.58 bits per heavy atom. The van der Waals surface area contributed by atoms with Crippen molar-refractivity contribution in [2.45, 2.75) is 39.0 Å². The number of ether oxygens (including phenoxy) is 1. The van der Waals surface area contributed by atoms with Crippen LogP contribution in [0.15, 0.2) is 0 Å². The normalized spacial score (nSPS) is 21.1. The second kappa shape index (κ2) is 4.61. The topological polar surface area (TPSA) is 26.3 Å². The van der Waals surface area contributed by atoms with Crippen LogP contribution >= 0.6 is 0 Å². The van der Waals surface area contributed by atoms with Crippen molar-refractivity contribution < 1.29 is 9.53 Å². The van der Waals surface area contributed by atoms with Gasteiger partial charge < -0.3 is 9.53 Å². The van der Waals surface area contributed by atoms with Crippen molar-refractivity contribution in [2.75, 3.05) is 13.2 Å². The molecule has 12 heavy (non-hydrogen) atoms. The molecule has 0 aliphatic heterocycles. The van der Waals surface area contributed by atoms with Crippen molar-refractivity contribution in [3.63, 3.8) is 0 Å². The van der Waals surface area contributed by atoms with Crippen molar-refractivity contribution in [1.29, 1.82) is 0 Å². The molecule has 0 N–H and O–H groups in total. The van der Waals surface area contributed by atoms with Crippen LogP contribution in [0.25, 0.3) is 0 Å². The van der Waals surface area contributed by atoms with Crippen molar-refractivity contribution in [3.05, 3.63) is 0 Å². The first kappa shape index (κ1) is 9.72. The van der Waals surface area contributed by atoms with E-state index < -0.39 is 0 Å². The highest BCUT2D eigenvalue weighted by Crippen LogP contribution is 2.38. The van der Waals surface area contributed by atoms with Gasteiger partial charge in [-0.1, -0.05) is 12.8 Å². The van der Waals surface area contributed by atoms with Crippen LogP contribution in [-0.4, -0.2) is 19.5 Å². The number of hydrogen-bond donors (Lipinski definition) is 0. The maximum atomic E-state index is 10.9. The zero-order chi connectivity index (χ0) is 8.86. The average Bonchev–Trinajstić information content (AvgIpc) is 2.55. The van der Waals surface area contributed by atoms with Crippen LogP contribution in [0.1, 0.15) is 39.0 Å². The molecule has 0 bridgehead atoms. The molecule has 0 aromatic rings. The molecule has 0 aromatic heterocycles. The Bertz CT molecular complexity index is 137. The molecule has 0 atom stereocenters. The summed E-state index contributed by atoms with van der Waals surface area (Å²) in [7, 11) is 0. The van der Waals surface area contributed by atoms with E-state index in [1.54, 1.807) is 0 Å². The molecule has 0 radical (unpaired) electrons. The SMILES string of the molecule is CCOCCC1(C=O)CCCC1. The number of hydrogen-bond acceptors (Lipinski definition) is 2. The lowest BCUT2D eigenvalue weighted by molar-refractivity contribution is -0.117. The molecule has 0 unspecified atom stereocenters. The van der Waals surface area contributed by atoms with Gasteiger partial charge in [0, 0.05) is 18.6 Å². The van der Waals surface area contributed by atoms with Crippen molar-refractivity contribution in [1.82, 2.24) is 0 Å². The third kappa shape index (κ3) is 2.31. The standard InChI is InChI=1S/C10H18O2/c1-2-12-8-7-10(9-11)5-3-4-6-10/h9H,2-8H2,1H3. The Hall–Kier alpha value is -0.370. The molecule has 0 aromatic carbocycles. The minimum absolute atomic E-state index is 0.0187. The van der Waals surface area contributed by atoms with Crippen molar-refractivity contribution >= 4 is 6.29 Å². The summed E-state index contributed by atoms with van der Waals surface area (Å²) in [4.78, 5) is 10.9. The van der Waals surface area contributed by atoms with E-state index >= 15 is 0 Å². The second-order valence-corrected chi connectivity index (χ2v) is 3.63. The predicted molar refractivity (Wildman–Crippen MR) is 48.1 cm³/mol. The highest BCUT2D eigenvalue weighted by molar-refractivity contribution is 5.59. The maximum Gasteiger partial charge on any atom is 0.126 e. The molecular formula is C10H18O2. The molecule has 1 aliphatic carbocycles. The van der Waals surface area contributed by atoms with Gasteiger partial charge in [-0.25, -0.2) is 0 Å². The summed E-state index contributed by atoms with van der Waals surface area (Å²) in [5.74, 6) is 0. The van der Waals surface area contributed by atoms with E-state index in [1.165, 1.54) is 12.8 Å². The van der Waals surface area contributed by atoms with Crippen molar-refractivity contribution in [3.8, 4) is 0 Å². The van der Waals surface area contributed by atoms with Gasteiger partial charge in [0.15, 0.2) is 0 Å². The van der Waals surface area contributed by atoms with Gasteiger partial charge in [0.05, 0.1) is 0 Å². The summed E-state index contributed by atoms with van der Waals surface area (Å²) in [5, 5.41) is 0. The van der Waals surface area contributed by atoms with Gasteiger partial charge in [-0.15, -0.1) is 0 Å². The van der Waals surface area contributed by atoms with Gasteiger partial charge in [0.25, 0.3) is 0 Å². The number of rotatable bonds is 5. The zero-order valence-corrected chi connectivity index (χ0v) is 7.84. The van der Waals surface area contributed by atoms with Crippen LogP contribution in [0, 0.1) is 5.41 Å². The number of carbonyl (C=O) groups is 1. The van der Waals surface area contributed by atoms with E-state index in [0.29, 0.717) is 0 Å². The van der Waals surface area contributed by atoms with Gasteiger partial charge in [0.2, 0.25) is 0 Å². The molecular weight excluding hydrogens is 152 g/mol. The van der Waals surface area contributed by atoms with E-state index in [2.05, 4.69) is 0 Å². The predicted octanol–water partition coefficient (Wildman–Crippen LogP) is 2.17. The molecule has 1 rings (SSSR count). The summed E-state index contributed by atoms with van der Waals surface area (Å²) < 4.78 is 5.26. The van der Waals surface area contributed by atoms with E-state index in [4.69, 9.17) is 4.74 Å².